The molecule has 0 unspecified atom stereocenters. The van der Waals surface area contributed by atoms with Crippen molar-refractivity contribution in [1.82, 2.24) is 4.57 Å². The van der Waals surface area contributed by atoms with Gasteiger partial charge in [-0.15, -0.1) is 0 Å². The zero-order valence-corrected chi connectivity index (χ0v) is 16.8. The van der Waals surface area contributed by atoms with E-state index in [1.807, 2.05) is 26.0 Å². The lowest BCUT2D eigenvalue weighted by Gasteiger charge is -2.14. The number of amides is 1. The largest absolute Gasteiger partial charge is 0.419 e. The summed E-state index contributed by atoms with van der Waals surface area (Å²) in [6.45, 7) is 3.86. The molecule has 0 saturated heterocycles. The lowest BCUT2D eigenvalue weighted by Crippen LogP contribution is -2.12. The second kappa shape index (κ2) is 7.41. The third-order valence-corrected chi connectivity index (χ3v) is 5.46. The third kappa shape index (κ3) is 3.54. The van der Waals surface area contributed by atoms with Crippen molar-refractivity contribution >= 4 is 27.7 Å². The summed E-state index contributed by atoms with van der Waals surface area (Å²) < 4.78 is 56.0. The Balaban J connectivity index is 2.02. The summed E-state index contributed by atoms with van der Waals surface area (Å²) >= 11 is 0. The van der Waals surface area contributed by atoms with Crippen molar-refractivity contribution in [1.29, 1.82) is 0 Å². The topological polar surface area (TPSA) is 48.0 Å². The molecule has 1 heterocycles. The van der Waals surface area contributed by atoms with E-state index in [4.69, 9.17) is 5.73 Å². The van der Waals surface area contributed by atoms with Crippen LogP contribution >= 0.6 is 0 Å². The Morgan fingerprint density at radius 1 is 1.13 bits per heavy atom. The van der Waals surface area contributed by atoms with Crippen LogP contribution in [0, 0.1) is 11.9 Å². The third-order valence-electron chi connectivity index (χ3n) is 5.46. The van der Waals surface area contributed by atoms with E-state index in [1.54, 1.807) is 22.8 Å². The van der Waals surface area contributed by atoms with Crippen LogP contribution in [-0.4, -0.2) is 10.5 Å². The Morgan fingerprint density at radius 3 is 2.48 bits per heavy atom. The molecule has 159 valence electrons. The highest BCUT2D eigenvalue weighted by Crippen LogP contribution is 2.36. The Hall–Kier alpha value is -3.35. The molecule has 0 spiro atoms. The number of carbonyl (C=O) groups excluding carboxylic acids is 1. The fourth-order valence-corrected chi connectivity index (χ4v) is 3.87. The lowest BCUT2D eigenvalue weighted by atomic mass is 10.00. The number of nitrogens with two attached hydrogens (primary N) is 1. The summed E-state index contributed by atoms with van der Waals surface area (Å²) in [4.78, 5) is 12.0. The molecule has 7 heteroatoms. The van der Waals surface area contributed by atoms with Crippen LogP contribution in [0.3, 0.4) is 0 Å². The van der Waals surface area contributed by atoms with Crippen molar-refractivity contribution in [2.45, 2.75) is 32.5 Å². The van der Waals surface area contributed by atoms with Gasteiger partial charge in [0.2, 0.25) is 5.91 Å². The molecule has 0 saturated carbocycles. The first-order chi connectivity index (χ1) is 14.6. The summed E-state index contributed by atoms with van der Waals surface area (Å²) in [5, 5.41) is 1.16. The quantitative estimate of drug-likeness (QED) is 0.398. The normalized spacial score (nSPS) is 12.2. The lowest BCUT2D eigenvalue weighted by molar-refractivity contribution is -0.140. The van der Waals surface area contributed by atoms with Crippen molar-refractivity contribution < 1.29 is 22.4 Å². The van der Waals surface area contributed by atoms with Gasteiger partial charge in [-0.25, -0.2) is 4.39 Å². The molecule has 31 heavy (non-hydrogen) atoms. The van der Waals surface area contributed by atoms with Gasteiger partial charge in [0.15, 0.2) is 0 Å². The molecule has 1 aromatic heterocycles. The first kappa shape index (κ1) is 20.9. The van der Waals surface area contributed by atoms with Crippen LogP contribution in [0.25, 0.3) is 21.8 Å². The number of hydrogen-bond donors (Lipinski definition) is 1. The van der Waals surface area contributed by atoms with Crippen LogP contribution in [0.2, 0.25) is 0 Å². The number of rotatable bonds is 4. The Labute approximate surface area is 176 Å². The summed E-state index contributed by atoms with van der Waals surface area (Å²) in [7, 11) is 0. The van der Waals surface area contributed by atoms with Crippen LogP contribution in [0.4, 0.5) is 17.6 Å². The zero-order valence-electron chi connectivity index (χ0n) is 16.8. The fraction of sp³-hybridized carbons (Fsp3) is 0.208. The molecule has 0 aliphatic heterocycles. The minimum atomic E-state index is -4.79. The molecule has 0 bridgehead atoms. The van der Waals surface area contributed by atoms with Gasteiger partial charge in [-0.2, -0.15) is 13.2 Å². The van der Waals surface area contributed by atoms with Crippen LogP contribution < -0.4 is 5.73 Å². The highest BCUT2D eigenvalue weighted by Gasteiger charge is 2.35. The monoisotopic (exact) mass is 427 g/mol. The van der Waals surface area contributed by atoms with E-state index < -0.39 is 23.5 Å². The number of benzene rings is 3. The van der Waals surface area contributed by atoms with E-state index in [9.17, 15) is 22.4 Å². The highest BCUT2D eigenvalue weighted by atomic mass is 19.4. The molecule has 3 aromatic carbocycles. The van der Waals surface area contributed by atoms with Crippen LogP contribution in [-0.2, 0) is 12.7 Å². The maximum atomic E-state index is 14.8. The van der Waals surface area contributed by atoms with Crippen molar-refractivity contribution in [3.05, 3.63) is 82.7 Å². The van der Waals surface area contributed by atoms with E-state index in [0.717, 1.165) is 11.6 Å². The number of carbonyl (C=O) groups is 1. The zero-order chi connectivity index (χ0) is 22.5. The van der Waals surface area contributed by atoms with E-state index in [2.05, 4.69) is 6.07 Å². The molecule has 0 atom stereocenters. The number of aromatic nitrogens is 1. The second-order valence-electron chi connectivity index (χ2n) is 7.77. The van der Waals surface area contributed by atoms with E-state index in [1.165, 1.54) is 12.1 Å². The average Bonchev–Trinajstić information content (AvgIpc) is 3.01. The number of nitrogens with zero attached hydrogens (tertiary/aromatic N) is 1. The van der Waals surface area contributed by atoms with Gasteiger partial charge in [-0.1, -0.05) is 38.1 Å². The van der Waals surface area contributed by atoms with Crippen LogP contribution in [0.1, 0.15) is 46.8 Å². The van der Waals surface area contributed by atoms with E-state index >= 15 is 0 Å². The number of fused-ring (bicyclic) bond motifs is 3. The molecule has 0 aliphatic rings. The van der Waals surface area contributed by atoms with Crippen LogP contribution in [0.5, 0.6) is 0 Å². The molecule has 4 aromatic rings. The summed E-state index contributed by atoms with van der Waals surface area (Å²) in [5.41, 5.74) is 6.60. The molecular weight excluding hydrogens is 408 g/mol. The number of alkyl halides is 3. The van der Waals surface area contributed by atoms with Gasteiger partial charge in [0.25, 0.3) is 0 Å². The number of hydrogen-bond acceptors (Lipinski definition) is 1. The first-order valence-corrected chi connectivity index (χ1v) is 9.70. The van der Waals surface area contributed by atoms with Gasteiger partial charge < -0.3 is 10.3 Å². The predicted molar refractivity (Wildman–Crippen MR) is 111 cm³/mol. The number of halogens is 4. The summed E-state index contributed by atoms with van der Waals surface area (Å²) in [5.74, 6) is -1.76. The molecule has 0 aliphatic carbocycles. The Morgan fingerprint density at radius 2 is 1.84 bits per heavy atom. The van der Waals surface area contributed by atoms with Gasteiger partial charge in [-0.3, -0.25) is 4.79 Å². The maximum absolute atomic E-state index is 14.8. The Bertz CT molecular complexity index is 1320. The van der Waals surface area contributed by atoms with E-state index in [0.29, 0.717) is 21.8 Å². The standard InChI is InChI=1S/C24H19F4N2O/c1-13(2)14-9-10-16-20(11-14)30(19-8-4-6-17(21(16)19)23(29)31)12-15-5-3-7-18(22(15)25)24(26,27)28/h3-9,11,13H,12H2,1-2H3,(H2,29,31). The van der Waals surface area contributed by atoms with Gasteiger partial charge >= 0.3 is 6.18 Å². The van der Waals surface area contributed by atoms with Crippen LogP contribution in [0.15, 0.2) is 48.5 Å². The van der Waals surface area contributed by atoms with E-state index in [-0.39, 0.29) is 23.6 Å². The molecule has 0 fully saturated rings. The van der Waals surface area contributed by atoms with Gasteiger partial charge in [0.05, 0.1) is 23.1 Å². The van der Waals surface area contributed by atoms with Crippen molar-refractivity contribution in [2.24, 2.45) is 5.73 Å². The minimum absolute atomic E-state index is 0.104. The van der Waals surface area contributed by atoms with Crippen molar-refractivity contribution in [3.8, 4) is 0 Å². The predicted octanol–water partition coefficient (Wildman–Crippen LogP) is 6.02. The fourth-order valence-electron chi connectivity index (χ4n) is 3.87. The average molecular weight is 427 g/mol. The molecule has 3 nitrogen and oxygen atoms in total. The minimum Gasteiger partial charge on any atom is -0.366 e. The van der Waals surface area contributed by atoms with Crippen molar-refractivity contribution in [2.75, 3.05) is 0 Å². The van der Waals surface area contributed by atoms with Gasteiger partial charge in [0.1, 0.15) is 5.82 Å². The van der Waals surface area contributed by atoms with Gasteiger partial charge in [-0.05, 0) is 41.8 Å². The highest BCUT2D eigenvalue weighted by molar-refractivity contribution is 6.17. The molecule has 4 rings (SSSR count). The summed E-state index contributed by atoms with van der Waals surface area (Å²) in [6.07, 6.45) is -4.79. The van der Waals surface area contributed by atoms with Crippen molar-refractivity contribution in [3.63, 3.8) is 0 Å². The molecule has 2 N–H and O–H groups in total. The molecule has 1 radical (unpaired) electrons. The second-order valence-corrected chi connectivity index (χ2v) is 7.77. The summed E-state index contributed by atoms with van der Waals surface area (Å²) in [6, 6.07) is 15.1. The Kier molecular flexibility index (Phi) is 5.00. The molecule has 1 amide bonds. The number of primary amides is 1. The SMILES string of the molecule is CC(C)c1c[c]c2c3c(C(N)=O)cccc3n(Cc3cccc(C(F)(F)F)c3F)c2c1. The maximum Gasteiger partial charge on any atom is 0.419 e. The smallest absolute Gasteiger partial charge is 0.366 e. The first-order valence-electron chi connectivity index (χ1n) is 9.70. The van der Waals surface area contributed by atoms with Gasteiger partial charge in [0, 0.05) is 21.9 Å². The molecular formula is C24H19F4N2O.